The van der Waals surface area contributed by atoms with Crippen LogP contribution in [0.25, 0.3) is 0 Å². The zero-order valence-electron chi connectivity index (χ0n) is 11.5. The molecule has 2 rings (SSSR count). The van der Waals surface area contributed by atoms with E-state index in [9.17, 15) is 4.79 Å². The summed E-state index contributed by atoms with van der Waals surface area (Å²) in [5.41, 5.74) is 0.641. The Morgan fingerprint density at radius 3 is 2.53 bits per heavy atom. The van der Waals surface area contributed by atoms with Crippen LogP contribution in [0, 0.1) is 11.8 Å². The molecule has 1 aromatic carbocycles. The predicted molar refractivity (Wildman–Crippen MR) is 78.1 cm³/mol. The third kappa shape index (κ3) is 2.78. The van der Waals surface area contributed by atoms with Crippen LogP contribution in [-0.2, 0) is 0 Å². The summed E-state index contributed by atoms with van der Waals surface area (Å²) in [5.74, 6) is 2.00. The second kappa shape index (κ2) is 5.95. The number of carbonyl (C=O) groups excluding carboxylic acids is 1. The summed E-state index contributed by atoms with van der Waals surface area (Å²) in [4.78, 5) is 12.7. The van der Waals surface area contributed by atoms with Crippen LogP contribution in [0.15, 0.2) is 16.6 Å². The van der Waals surface area contributed by atoms with Crippen LogP contribution in [0.3, 0.4) is 0 Å². The molecule has 0 heterocycles. The van der Waals surface area contributed by atoms with Gasteiger partial charge in [0.05, 0.1) is 19.8 Å². The zero-order valence-corrected chi connectivity index (χ0v) is 13.1. The molecule has 2 atom stereocenters. The molecule has 0 radical (unpaired) electrons. The van der Waals surface area contributed by atoms with Crippen LogP contribution in [-0.4, -0.2) is 20.0 Å². The Labute approximate surface area is 122 Å². The van der Waals surface area contributed by atoms with Crippen molar-refractivity contribution in [3.63, 3.8) is 0 Å². The summed E-state index contributed by atoms with van der Waals surface area (Å²) >= 11 is 3.47. The van der Waals surface area contributed by atoms with Crippen LogP contribution >= 0.6 is 15.9 Å². The zero-order chi connectivity index (χ0) is 14.0. The summed E-state index contributed by atoms with van der Waals surface area (Å²) in [6, 6.07) is 3.58. The van der Waals surface area contributed by atoms with Crippen molar-refractivity contribution < 1.29 is 14.3 Å². The van der Waals surface area contributed by atoms with Gasteiger partial charge in [-0.1, -0.05) is 13.3 Å². The first-order chi connectivity index (χ1) is 9.08. The van der Waals surface area contributed by atoms with E-state index in [4.69, 9.17) is 9.47 Å². The minimum Gasteiger partial charge on any atom is -0.497 e. The summed E-state index contributed by atoms with van der Waals surface area (Å²) in [7, 11) is 3.18. The molecule has 0 N–H and O–H groups in total. The van der Waals surface area contributed by atoms with Gasteiger partial charge in [-0.25, -0.2) is 0 Å². The molecule has 1 saturated carbocycles. The first-order valence-corrected chi connectivity index (χ1v) is 7.33. The quantitative estimate of drug-likeness (QED) is 0.782. The van der Waals surface area contributed by atoms with Crippen molar-refractivity contribution in [2.45, 2.75) is 26.2 Å². The summed E-state index contributed by atoms with van der Waals surface area (Å²) in [5, 5.41) is 0. The van der Waals surface area contributed by atoms with Crippen LogP contribution in [0.4, 0.5) is 0 Å². The van der Waals surface area contributed by atoms with E-state index >= 15 is 0 Å². The number of methoxy groups -OCH3 is 2. The van der Waals surface area contributed by atoms with Crippen LogP contribution in [0.2, 0.25) is 0 Å². The number of halogens is 1. The van der Waals surface area contributed by atoms with E-state index < -0.39 is 0 Å². The molecule has 1 aliphatic carbocycles. The maximum absolute atomic E-state index is 12.7. The fraction of sp³-hybridized carbons (Fsp3) is 0.533. The highest BCUT2D eigenvalue weighted by atomic mass is 79.9. The lowest BCUT2D eigenvalue weighted by Gasteiger charge is -2.18. The Hall–Kier alpha value is -1.03. The monoisotopic (exact) mass is 326 g/mol. The molecule has 0 aliphatic heterocycles. The van der Waals surface area contributed by atoms with E-state index in [1.165, 1.54) is 0 Å². The van der Waals surface area contributed by atoms with E-state index in [2.05, 4.69) is 22.9 Å². The molecule has 3 nitrogen and oxygen atoms in total. The topological polar surface area (TPSA) is 35.5 Å². The van der Waals surface area contributed by atoms with Crippen molar-refractivity contribution in [3.8, 4) is 11.5 Å². The second-order valence-corrected chi connectivity index (χ2v) is 5.92. The summed E-state index contributed by atoms with van der Waals surface area (Å²) in [6.07, 6.45) is 3.24. The van der Waals surface area contributed by atoms with Gasteiger partial charge in [-0.2, -0.15) is 0 Å². The fourth-order valence-electron chi connectivity index (χ4n) is 2.80. The molecule has 1 fully saturated rings. The smallest absolute Gasteiger partial charge is 0.171 e. The van der Waals surface area contributed by atoms with Gasteiger partial charge in [-0.3, -0.25) is 4.79 Å². The summed E-state index contributed by atoms with van der Waals surface area (Å²) in [6.45, 7) is 2.15. The highest BCUT2D eigenvalue weighted by Crippen LogP contribution is 2.39. The maximum atomic E-state index is 12.7. The Morgan fingerprint density at radius 1 is 1.26 bits per heavy atom. The van der Waals surface area contributed by atoms with Gasteiger partial charge >= 0.3 is 0 Å². The lowest BCUT2D eigenvalue weighted by Crippen LogP contribution is -2.18. The number of ether oxygens (including phenoxy) is 2. The van der Waals surface area contributed by atoms with Crippen LogP contribution in [0.1, 0.15) is 36.5 Å². The minimum atomic E-state index is 0.110. The first kappa shape index (κ1) is 14.4. The number of ketones is 1. The third-order valence-electron chi connectivity index (χ3n) is 3.93. The molecule has 104 valence electrons. The average molecular weight is 327 g/mol. The Balaban J connectivity index is 2.40. The van der Waals surface area contributed by atoms with Gasteiger partial charge < -0.3 is 9.47 Å². The largest absolute Gasteiger partial charge is 0.497 e. The SMILES string of the molecule is COc1cc(Br)c(C(=O)C2CCCC2C)c(OC)c1. The molecule has 1 aliphatic rings. The van der Waals surface area contributed by atoms with E-state index in [-0.39, 0.29) is 11.7 Å². The highest BCUT2D eigenvalue weighted by molar-refractivity contribution is 9.10. The van der Waals surface area contributed by atoms with E-state index in [1.54, 1.807) is 20.3 Å². The van der Waals surface area contributed by atoms with Gasteiger partial charge in [0, 0.05) is 16.5 Å². The number of hydrogen-bond acceptors (Lipinski definition) is 3. The molecule has 2 unspecified atom stereocenters. The molecule has 1 aromatic rings. The number of rotatable bonds is 4. The Kier molecular flexibility index (Phi) is 4.50. The minimum absolute atomic E-state index is 0.110. The van der Waals surface area contributed by atoms with Gasteiger partial charge in [-0.15, -0.1) is 0 Å². The number of benzene rings is 1. The third-order valence-corrected chi connectivity index (χ3v) is 4.55. The van der Waals surface area contributed by atoms with Crippen molar-refractivity contribution in [2.75, 3.05) is 14.2 Å². The van der Waals surface area contributed by atoms with Gasteiger partial charge in [0.15, 0.2) is 5.78 Å². The Morgan fingerprint density at radius 2 is 2.00 bits per heavy atom. The van der Waals surface area contributed by atoms with E-state index in [1.807, 2.05) is 6.07 Å². The Bertz CT molecular complexity index is 485. The van der Waals surface area contributed by atoms with Crippen molar-refractivity contribution >= 4 is 21.7 Å². The molecule has 0 saturated heterocycles. The van der Waals surface area contributed by atoms with Gasteiger partial charge in [-0.05, 0) is 40.8 Å². The molecule has 0 spiro atoms. The van der Waals surface area contributed by atoms with Crippen molar-refractivity contribution in [1.29, 1.82) is 0 Å². The van der Waals surface area contributed by atoms with E-state index in [0.717, 1.165) is 23.7 Å². The van der Waals surface area contributed by atoms with Crippen molar-refractivity contribution in [2.24, 2.45) is 11.8 Å². The first-order valence-electron chi connectivity index (χ1n) is 6.54. The number of hydrogen-bond donors (Lipinski definition) is 0. The molecular weight excluding hydrogens is 308 g/mol. The van der Waals surface area contributed by atoms with Crippen LogP contribution < -0.4 is 9.47 Å². The molecule has 0 bridgehead atoms. The van der Waals surface area contributed by atoms with Crippen molar-refractivity contribution in [3.05, 3.63) is 22.2 Å². The number of Topliss-reactive ketones (excluding diaryl/α,β-unsaturated/α-hetero) is 1. The second-order valence-electron chi connectivity index (χ2n) is 5.07. The molecule has 0 amide bonds. The van der Waals surface area contributed by atoms with Gasteiger partial charge in [0.1, 0.15) is 11.5 Å². The van der Waals surface area contributed by atoms with E-state index in [0.29, 0.717) is 23.0 Å². The van der Waals surface area contributed by atoms with Gasteiger partial charge in [0.2, 0.25) is 0 Å². The summed E-state index contributed by atoms with van der Waals surface area (Å²) < 4.78 is 11.3. The van der Waals surface area contributed by atoms with Crippen molar-refractivity contribution in [1.82, 2.24) is 0 Å². The molecule has 4 heteroatoms. The predicted octanol–water partition coefficient (Wildman–Crippen LogP) is 4.09. The molecule has 19 heavy (non-hydrogen) atoms. The average Bonchev–Trinajstić information content (AvgIpc) is 2.83. The standard InChI is InChI=1S/C15H19BrO3/c1-9-5-4-6-11(9)15(17)14-12(16)7-10(18-2)8-13(14)19-3/h7-9,11H,4-6H2,1-3H3. The normalized spacial score (nSPS) is 22.3. The fourth-order valence-corrected chi connectivity index (χ4v) is 3.41. The number of carbonyl (C=O) groups is 1. The maximum Gasteiger partial charge on any atom is 0.171 e. The van der Waals surface area contributed by atoms with Crippen LogP contribution in [0.5, 0.6) is 11.5 Å². The lowest BCUT2D eigenvalue weighted by atomic mass is 9.89. The lowest BCUT2D eigenvalue weighted by molar-refractivity contribution is 0.0893. The highest BCUT2D eigenvalue weighted by Gasteiger charge is 2.33. The van der Waals surface area contributed by atoms with Gasteiger partial charge in [0.25, 0.3) is 0 Å². The molecular formula is C15H19BrO3. The molecule has 0 aromatic heterocycles.